The van der Waals surface area contributed by atoms with Gasteiger partial charge in [-0.2, -0.15) is 0 Å². The SMILES string of the molecule is O=C1CC[C@@H](N2C(=O)C=C(Nc3cccc(CCC(=O)Nc4ccc(F)c(F)c4)c3)C2=O)C(=O)N1. The summed E-state index contributed by atoms with van der Waals surface area (Å²) in [5.41, 5.74) is 1.35. The van der Waals surface area contributed by atoms with Crippen molar-refractivity contribution < 1.29 is 32.8 Å². The molecule has 0 radical (unpaired) electrons. The second kappa shape index (κ2) is 9.84. The van der Waals surface area contributed by atoms with Crippen molar-refractivity contribution in [3.05, 3.63) is 71.4 Å². The minimum atomic E-state index is -1.06. The van der Waals surface area contributed by atoms with E-state index in [9.17, 15) is 32.8 Å². The van der Waals surface area contributed by atoms with Crippen LogP contribution in [-0.4, -0.2) is 40.5 Å². The molecule has 1 fully saturated rings. The maximum Gasteiger partial charge on any atom is 0.278 e. The highest BCUT2D eigenvalue weighted by Crippen LogP contribution is 2.23. The minimum absolute atomic E-state index is 0.0204. The highest BCUT2D eigenvalue weighted by atomic mass is 19.2. The van der Waals surface area contributed by atoms with Gasteiger partial charge in [-0.1, -0.05) is 12.1 Å². The van der Waals surface area contributed by atoms with E-state index in [4.69, 9.17) is 0 Å². The molecular formula is C24H20F2N4O5. The quantitative estimate of drug-likeness (QED) is 0.519. The van der Waals surface area contributed by atoms with E-state index in [2.05, 4.69) is 16.0 Å². The number of carbonyl (C=O) groups is 5. The number of amides is 5. The standard InChI is InChI=1S/C24H20F2N4O5/c25-16-6-5-15(11-17(16)26)28-20(31)8-4-13-2-1-3-14(10-13)27-18-12-22(33)30(24(18)35)19-7-9-21(32)29-23(19)34/h1-3,5-6,10-12,19,27H,4,7-9H2,(H,28,31)(H,29,32,34)/t19-/m1/s1. The van der Waals surface area contributed by atoms with Gasteiger partial charge < -0.3 is 10.6 Å². The highest BCUT2D eigenvalue weighted by Gasteiger charge is 2.42. The molecule has 1 saturated heterocycles. The maximum absolute atomic E-state index is 13.3. The molecule has 0 spiro atoms. The predicted molar refractivity (Wildman–Crippen MR) is 119 cm³/mol. The van der Waals surface area contributed by atoms with Crippen LogP contribution in [0.15, 0.2) is 54.2 Å². The summed E-state index contributed by atoms with van der Waals surface area (Å²) in [5.74, 6) is -4.95. The second-order valence-electron chi connectivity index (χ2n) is 8.04. The monoisotopic (exact) mass is 482 g/mol. The van der Waals surface area contributed by atoms with Gasteiger partial charge in [0.25, 0.3) is 11.8 Å². The van der Waals surface area contributed by atoms with E-state index < -0.39 is 47.2 Å². The van der Waals surface area contributed by atoms with Crippen molar-refractivity contribution in [3.63, 3.8) is 0 Å². The van der Waals surface area contributed by atoms with Gasteiger partial charge in [0.05, 0.1) is 0 Å². The summed E-state index contributed by atoms with van der Waals surface area (Å²) in [4.78, 5) is 61.6. The van der Waals surface area contributed by atoms with E-state index in [1.807, 2.05) is 0 Å². The van der Waals surface area contributed by atoms with Gasteiger partial charge in [0.2, 0.25) is 17.7 Å². The summed E-state index contributed by atoms with van der Waals surface area (Å²) in [7, 11) is 0. The van der Waals surface area contributed by atoms with Gasteiger partial charge in [0.1, 0.15) is 11.7 Å². The average Bonchev–Trinajstić information content (AvgIpc) is 3.08. The number of aryl methyl sites for hydroxylation is 1. The molecule has 2 aromatic rings. The number of hydrogen-bond donors (Lipinski definition) is 3. The van der Waals surface area contributed by atoms with Gasteiger partial charge in [-0.05, 0) is 42.7 Å². The molecular weight excluding hydrogens is 462 g/mol. The van der Waals surface area contributed by atoms with Crippen molar-refractivity contribution in [2.45, 2.75) is 31.7 Å². The van der Waals surface area contributed by atoms with Crippen molar-refractivity contribution in [2.75, 3.05) is 10.6 Å². The lowest BCUT2D eigenvalue weighted by Gasteiger charge is -2.28. The van der Waals surface area contributed by atoms with Crippen molar-refractivity contribution >= 4 is 40.9 Å². The maximum atomic E-state index is 13.3. The molecule has 0 aromatic heterocycles. The zero-order valence-electron chi connectivity index (χ0n) is 18.3. The van der Waals surface area contributed by atoms with Gasteiger partial charge in [-0.15, -0.1) is 0 Å². The van der Waals surface area contributed by atoms with E-state index in [-0.39, 0.29) is 30.6 Å². The summed E-state index contributed by atoms with van der Waals surface area (Å²) < 4.78 is 26.3. The number of anilines is 2. The van der Waals surface area contributed by atoms with E-state index in [0.29, 0.717) is 12.1 Å². The zero-order chi connectivity index (χ0) is 25.1. The van der Waals surface area contributed by atoms with Crippen molar-refractivity contribution in [3.8, 4) is 0 Å². The summed E-state index contributed by atoms with van der Waals surface area (Å²) in [6, 6.07) is 8.84. The Balaban J connectivity index is 1.35. The minimum Gasteiger partial charge on any atom is -0.351 e. The molecule has 0 aliphatic carbocycles. The number of carbonyl (C=O) groups excluding carboxylic acids is 5. The topological polar surface area (TPSA) is 125 Å². The van der Waals surface area contributed by atoms with Crippen molar-refractivity contribution in [1.29, 1.82) is 0 Å². The van der Waals surface area contributed by atoms with Crippen LogP contribution in [0.3, 0.4) is 0 Å². The summed E-state index contributed by atoms with van der Waals surface area (Å²) in [6.07, 6.45) is 1.56. The van der Waals surface area contributed by atoms with Crippen LogP contribution in [0, 0.1) is 11.6 Å². The third-order valence-corrected chi connectivity index (χ3v) is 5.53. The molecule has 180 valence electrons. The number of nitrogens with one attached hydrogen (secondary N) is 3. The van der Waals surface area contributed by atoms with Crippen LogP contribution >= 0.6 is 0 Å². The van der Waals surface area contributed by atoms with Crippen molar-refractivity contribution in [1.82, 2.24) is 10.2 Å². The molecule has 2 aliphatic heterocycles. The molecule has 9 nitrogen and oxygen atoms in total. The van der Waals surface area contributed by atoms with Crippen LogP contribution in [0.4, 0.5) is 20.2 Å². The third-order valence-electron chi connectivity index (χ3n) is 5.53. The van der Waals surface area contributed by atoms with Gasteiger partial charge in [-0.25, -0.2) is 8.78 Å². The number of hydrogen-bond acceptors (Lipinski definition) is 6. The first-order chi connectivity index (χ1) is 16.7. The predicted octanol–water partition coefficient (Wildman–Crippen LogP) is 2.01. The van der Waals surface area contributed by atoms with E-state index in [0.717, 1.165) is 28.7 Å². The molecule has 0 saturated carbocycles. The number of imide groups is 2. The first-order valence-electron chi connectivity index (χ1n) is 10.7. The number of halogens is 2. The van der Waals surface area contributed by atoms with Crippen LogP contribution in [0.2, 0.25) is 0 Å². The van der Waals surface area contributed by atoms with Crippen LogP contribution in [0.5, 0.6) is 0 Å². The fraction of sp³-hybridized carbons (Fsp3) is 0.208. The molecule has 5 amide bonds. The molecule has 2 aromatic carbocycles. The zero-order valence-corrected chi connectivity index (χ0v) is 18.3. The summed E-state index contributed by atoms with van der Waals surface area (Å²) >= 11 is 0. The Morgan fingerprint density at radius 1 is 1.03 bits per heavy atom. The lowest BCUT2D eigenvalue weighted by molar-refractivity contribution is -0.149. The van der Waals surface area contributed by atoms with E-state index >= 15 is 0 Å². The number of benzene rings is 2. The Bertz CT molecular complexity index is 1280. The van der Waals surface area contributed by atoms with Crippen molar-refractivity contribution in [2.24, 2.45) is 0 Å². The Morgan fingerprint density at radius 3 is 2.57 bits per heavy atom. The first kappa shape index (κ1) is 23.7. The fourth-order valence-electron chi connectivity index (χ4n) is 3.81. The van der Waals surface area contributed by atoms with Gasteiger partial charge in [-0.3, -0.25) is 34.2 Å². The smallest absolute Gasteiger partial charge is 0.278 e. The Labute approximate surface area is 198 Å². The fourth-order valence-corrected chi connectivity index (χ4v) is 3.81. The molecule has 4 rings (SSSR count). The molecule has 2 aliphatic rings. The molecule has 11 heteroatoms. The van der Waals surface area contributed by atoms with Gasteiger partial charge >= 0.3 is 0 Å². The summed E-state index contributed by atoms with van der Waals surface area (Å²) in [5, 5.41) is 7.49. The Kier molecular flexibility index (Phi) is 6.67. The molecule has 2 heterocycles. The van der Waals surface area contributed by atoms with Crippen LogP contribution in [0.25, 0.3) is 0 Å². The molecule has 3 N–H and O–H groups in total. The normalized spacial score (nSPS) is 17.8. The van der Waals surface area contributed by atoms with Crippen LogP contribution in [0.1, 0.15) is 24.8 Å². The Morgan fingerprint density at radius 2 is 1.83 bits per heavy atom. The number of piperidine rings is 1. The van der Waals surface area contributed by atoms with Crippen LogP contribution < -0.4 is 16.0 Å². The number of rotatable bonds is 7. The average molecular weight is 482 g/mol. The summed E-state index contributed by atoms with van der Waals surface area (Å²) in [6.45, 7) is 0. The van der Waals surface area contributed by atoms with E-state index in [1.54, 1.807) is 24.3 Å². The largest absolute Gasteiger partial charge is 0.351 e. The van der Waals surface area contributed by atoms with Crippen LogP contribution in [-0.2, 0) is 30.4 Å². The lowest BCUT2D eigenvalue weighted by Crippen LogP contribution is -2.54. The van der Waals surface area contributed by atoms with E-state index in [1.165, 1.54) is 6.07 Å². The molecule has 0 bridgehead atoms. The highest BCUT2D eigenvalue weighted by molar-refractivity contribution is 6.20. The van der Waals surface area contributed by atoms with Gasteiger partial charge in [0.15, 0.2) is 11.6 Å². The lowest BCUT2D eigenvalue weighted by atomic mass is 10.0. The van der Waals surface area contributed by atoms with Gasteiger partial charge in [0, 0.05) is 36.4 Å². The third kappa shape index (κ3) is 5.40. The molecule has 35 heavy (non-hydrogen) atoms. The number of nitrogens with zero attached hydrogens (tertiary/aromatic N) is 1. The first-order valence-corrected chi connectivity index (χ1v) is 10.7. The second-order valence-corrected chi connectivity index (χ2v) is 8.04. The molecule has 0 unspecified atom stereocenters. The Hall–Kier alpha value is -4.41. The molecule has 1 atom stereocenters.